The maximum absolute atomic E-state index is 5.60. The average Bonchev–Trinajstić information content (AvgIpc) is 2.75. The van der Waals surface area contributed by atoms with Gasteiger partial charge in [-0.2, -0.15) is 5.10 Å². The minimum atomic E-state index is 0.372. The lowest BCUT2D eigenvalue weighted by Crippen LogP contribution is -2.03. The van der Waals surface area contributed by atoms with Crippen LogP contribution in [-0.2, 0) is 6.61 Å². The summed E-state index contributed by atoms with van der Waals surface area (Å²) in [5, 5.41) is 4.41. The SMILES string of the molecule is CC(C)n1ccc(COc2cncc(Br)c2)n1. The van der Waals surface area contributed by atoms with E-state index in [-0.39, 0.29) is 0 Å². The van der Waals surface area contributed by atoms with Crippen molar-refractivity contribution < 1.29 is 4.74 Å². The Bertz CT molecular complexity index is 496. The first kappa shape index (κ1) is 12.1. The molecule has 2 aromatic rings. The molecule has 0 aliphatic rings. The quantitative estimate of drug-likeness (QED) is 0.870. The molecule has 0 bridgehead atoms. The molecule has 0 amide bonds. The van der Waals surface area contributed by atoms with Crippen molar-refractivity contribution in [3.05, 3.63) is 40.9 Å². The molecule has 0 radical (unpaired) electrons. The van der Waals surface area contributed by atoms with Crippen LogP contribution in [0.2, 0.25) is 0 Å². The Kier molecular flexibility index (Phi) is 3.78. The fraction of sp³-hybridized carbons (Fsp3) is 0.333. The minimum absolute atomic E-state index is 0.372. The van der Waals surface area contributed by atoms with Crippen molar-refractivity contribution in [1.29, 1.82) is 0 Å². The van der Waals surface area contributed by atoms with E-state index >= 15 is 0 Å². The molecule has 0 saturated carbocycles. The topological polar surface area (TPSA) is 39.9 Å². The molecule has 0 spiro atoms. The highest BCUT2D eigenvalue weighted by Crippen LogP contribution is 2.17. The van der Waals surface area contributed by atoms with Crippen molar-refractivity contribution in [1.82, 2.24) is 14.8 Å². The Hall–Kier alpha value is -1.36. The summed E-state index contributed by atoms with van der Waals surface area (Å²) in [6, 6.07) is 4.22. The summed E-state index contributed by atoms with van der Waals surface area (Å²) >= 11 is 3.35. The number of nitrogens with zero attached hydrogens (tertiary/aromatic N) is 3. The molecule has 2 heterocycles. The molecule has 5 heteroatoms. The van der Waals surface area contributed by atoms with E-state index in [1.165, 1.54) is 0 Å². The van der Waals surface area contributed by atoms with Crippen LogP contribution in [0.4, 0.5) is 0 Å². The van der Waals surface area contributed by atoms with Gasteiger partial charge in [0.2, 0.25) is 0 Å². The lowest BCUT2D eigenvalue weighted by atomic mass is 10.4. The van der Waals surface area contributed by atoms with Crippen LogP contribution in [0.3, 0.4) is 0 Å². The Labute approximate surface area is 109 Å². The van der Waals surface area contributed by atoms with Gasteiger partial charge >= 0.3 is 0 Å². The minimum Gasteiger partial charge on any atom is -0.486 e. The molecule has 0 N–H and O–H groups in total. The highest BCUT2D eigenvalue weighted by Gasteiger charge is 2.03. The van der Waals surface area contributed by atoms with Gasteiger partial charge in [-0.15, -0.1) is 0 Å². The third-order valence-corrected chi connectivity index (χ3v) is 2.69. The van der Waals surface area contributed by atoms with Gasteiger partial charge in [0.25, 0.3) is 0 Å². The standard InChI is InChI=1S/C12H14BrN3O/c1-9(2)16-4-3-11(15-16)8-17-12-5-10(13)6-14-7-12/h3-7,9H,8H2,1-2H3. The van der Waals surface area contributed by atoms with Crippen LogP contribution in [-0.4, -0.2) is 14.8 Å². The number of pyridine rings is 1. The molecule has 0 aliphatic carbocycles. The second-order valence-corrected chi connectivity index (χ2v) is 4.92. The third-order valence-electron chi connectivity index (χ3n) is 2.26. The molecular weight excluding hydrogens is 282 g/mol. The van der Waals surface area contributed by atoms with Crippen LogP contribution in [0.15, 0.2) is 35.2 Å². The number of aromatic nitrogens is 3. The van der Waals surface area contributed by atoms with E-state index in [2.05, 4.69) is 39.9 Å². The molecule has 2 rings (SSSR count). The normalized spacial score (nSPS) is 10.8. The number of hydrogen-bond donors (Lipinski definition) is 0. The monoisotopic (exact) mass is 295 g/mol. The second-order valence-electron chi connectivity index (χ2n) is 4.01. The lowest BCUT2D eigenvalue weighted by molar-refractivity contribution is 0.297. The van der Waals surface area contributed by atoms with Crippen LogP contribution in [0.5, 0.6) is 5.75 Å². The Morgan fingerprint density at radius 2 is 2.24 bits per heavy atom. The predicted molar refractivity (Wildman–Crippen MR) is 68.9 cm³/mol. The molecule has 0 atom stereocenters. The van der Waals surface area contributed by atoms with Crippen molar-refractivity contribution in [3.63, 3.8) is 0 Å². The summed E-state index contributed by atoms with van der Waals surface area (Å²) in [6.07, 6.45) is 5.37. The Balaban J connectivity index is 1.97. The molecule has 17 heavy (non-hydrogen) atoms. The Morgan fingerprint density at radius 3 is 2.88 bits per heavy atom. The molecule has 4 nitrogen and oxygen atoms in total. The van der Waals surface area contributed by atoms with E-state index in [9.17, 15) is 0 Å². The first-order valence-corrected chi connectivity index (χ1v) is 6.22. The van der Waals surface area contributed by atoms with E-state index < -0.39 is 0 Å². The molecule has 0 aliphatic heterocycles. The van der Waals surface area contributed by atoms with E-state index in [0.717, 1.165) is 15.9 Å². The van der Waals surface area contributed by atoms with E-state index in [0.29, 0.717) is 12.6 Å². The second kappa shape index (κ2) is 5.31. The molecular formula is C12H14BrN3O. The van der Waals surface area contributed by atoms with E-state index in [1.807, 2.05) is 23.0 Å². The third kappa shape index (κ3) is 3.30. The molecule has 90 valence electrons. The van der Waals surface area contributed by atoms with Crippen LogP contribution < -0.4 is 4.74 Å². The fourth-order valence-corrected chi connectivity index (χ4v) is 1.71. The van der Waals surface area contributed by atoms with Gasteiger partial charge in [0, 0.05) is 22.9 Å². The van der Waals surface area contributed by atoms with Gasteiger partial charge in [0.15, 0.2) is 0 Å². The number of rotatable bonds is 4. The number of hydrogen-bond acceptors (Lipinski definition) is 3. The largest absolute Gasteiger partial charge is 0.486 e. The average molecular weight is 296 g/mol. The highest BCUT2D eigenvalue weighted by atomic mass is 79.9. The molecule has 0 unspecified atom stereocenters. The maximum atomic E-state index is 5.60. The molecule has 0 saturated heterocycles. The van der Waals surface area contributed by atoms with Gasteiger partial charge in [-0.25, -0.2) is 0 Å². The summed E-state index contributed by atoms with van der Waals surface area (Å²) in [5.41, 5.74) is 0.915. The van der Waals surface area contributed by atoms with Crippen LogP contribution in [0.25, 0.3) is 0 Å². The summed E-state index contributed by atoms with van der Waals surface area (Å²) in [5.74, 6) is 0.735. The van der Waals surface area contributed by atoms with E-state index in [1.54, 1.807) is 12.4 Å². The predicted octanol–water partition coefficient (Wildman–Crippen LogP) is 3.20. The molecule has 0 fully saturated rings. The zero-order chi connectivity index (χ0) is 12.3. The van der Waals surface area contributed by atoms with Crippen LogP contribution >= 0.6 is 15.9 Å². The summed E-state index contributed by atoms with van der Waals surface area (Å²) in [4.78, 5) is 4.03. The summed E-state index contributed by atoms with van der Waals surface area (Å²) < 4.78 is 8.42. The Morgan fingerprint density at radius 1 is 1.41 bits per heavy atom. The van der Waals surface area contributed by atoms with E-state index in [4.69, 9.17) is 4.74 Å². The summed E-state index contributed by atoms with van der Waals surface area (Å²) in [6.45, 7) is 4.64. The van der Waals surface area contributed by atoms with Crippen molar-refractivity contribution in [2.45, 2.75) is 26.5 Å². The number of halogens is 1. The first-order valence-electron chi connectivity index (χ1n) is 5.42. The maximum Gasteiger partial charge on any atom is 0.139 e. The molecule has 0 aromatic carbocycles. The van der Waals surface area contributed by atoms with Gasteiger partial charge in [-0.3, -0.25) is 9.67 Å². The molecule has 2 aromatic heterocycles. The van der Waals surface area contributed by atoms with Crippen molar-refractivity contribution in [3.8, 4) is 5.75 Å². The zero-order valence-electron chi connectivity index (χ0n) is 9.80. The van der Waals surface area contributed by atoms with Crippen LogP contribution in [0.1, 0.15) is 25.6 Å². The van der Waals surface area contributed by atoms with Crippen molar-refractivity contribution >= 4 is 15.9 Å². The fourth-order valence-electron chi connectivity index (χ4n) is 1.37. The lowest BCUT2D eigenvalue weighted by Gasteiger charge is -2.05. The van der Waals surface area contributed by atoms with Gasteiger partial charge in [-0.05, 0) is 41.9 Å². The van der Waals surface area contributed by atoms with Crippen molar-refractivity contribution in [2.75, 3.05) is 0 Å². The zero-order valence-corrected chi connectivity index (χ0v) is 11.4. The number of ether oxygens (including phenoxy) is 1. The summed E-state index contributed by atoms with van der Waals surface area (Å²) in [7, 11) is 0. The van der Waals surface area contributed by atoms with Crippen molar-refractivity contribution in [2.24, 2.45) is 0 Å². The smallest absolute Gasteiger partial charge is 0.139 e. The van der Waals surface area contributed by atoms with Gasteiger partial charge in [0.05, 0.1) is 11.9 Å². The highest BCUT2D eigenvalue weighted by molar-refractivity contribution is 9.10. The van der Waals surface area contributed by atoms with Gasteiger partial charge in [0.1, 0.15) is 12.4 Å². The van der Waals surface area contributed by atoms with Gasteiger partial charge in [-0.1, -0.05) is 0 Å². The first-order chi connectivity index (χ1) is 8.15. The van der Waals surface area contributed by atoms with Crippen LogP contribution in [0, 0.1) is 0 Å². The van der Waals surface area contributed by atoms with Gasteiger partial charge < -0.3 is 4.74 Å².